The van der Waals surface area contributed by atoms with Crippen molar-refractivity contribution in [2.24, 2.45) is 9.98 Å². The minimum absolute atomic E-state index is 0.628. The topological polar surface area (TPSA) is 24.7 Å². The molecule has 0 aliphatic rings. The van der Waals surface area contributed by atoms with Crippen LogP contribution in [0.25, 0.3) is 43.9 Å². The molecule has 0 saturated heterocycles. The van der Waals surface area contributed by atoms with Gasteiger partial charge in [-0.2, -0.15) is 0 Å². The van der Waals surface area contributed by atoms with E-state index in [1.807, 2.05) is 68.5 Å². The largest absolute Gasteiger partial charge is 0.233 e. The van der Waals surface area contributed by atoms with Crippen molar-refractivity contribution in [3.63, 3.8) is 0 Å². The highest BCUT2D eigenvalue weighted by atomic mass is 14.9. The van der Waals surface area contributed by atoms with Crippen LogP contribution in [0.4, 0.5) is 0 Å². The van der Waals surface area contributed by atoms with Crippen molar-refractivity contribution in [2.75, 3.05) is 0 Å². The van der Waals surface area contributed by atoms with Gasteiger partial charge in [0.1, 0.15) is 0 Å². The third kappa shape index (κ3) is 6.20. The van der Waals surface area contributed by atoms with Crippen molar-refractivity contribution in [2.45, 2.75) is 13.8 Å². The van der Waals surface area contributed by atoms with Gasteiger partial charge in [-0.1, -0.05) is 165 Å². The number of benzene rings is 6. The van der Waals surface area contributed by atoms with Crippen molar-refractivity contribution >= 4 is 44.4 Å². The minimum Gasteiger partial charge on any atom is -0.233 e. The number of fused-ring (bicyclic) bond motifs is 2. The summed E-state index contributed by atoms with van der Waals surface area (Å²) in [5.74, 6) is 0.628. The predicted molar refractivity (Wildman–Crippen MR) is 201 cm³/mol. The summed E-state index contributed by atoms with van der Waals surface area (Å²) in [6, 6.07) is 46.1. The van der Waals surface area contributed by atoms with Crippen LogP contribution in [0.5, 0.6) is 0 Å². The Morgan fingerprint density at radius 2 is 1.15 bits per heavy atom. The van der Waals surface area contributed by atoms with E-state index in [0.717, 1.165) is 33.5 Å². The third-order valence-corrected chi connectivity index (χ3v) is 8.09. The van der Waals surface area contributed by atoms with Gasteiger partial charge < -0.3 is 0 Å². The van der Waals surface area contributed by atoms with Gasteiger partial charge in [0.25, 0.3) is 0 Å². The van der Waals surface area contributed by atoms with Crippen LogP contribution in [0.1, 0.15) is 36.1 Å². The first-order chi connectivity index (χ1) is 22.6. The van der Waals surface area contributed by atoms with E-state index in [1.54, 1.807) is 0 Å². The van der Waals surface area contributed by atoms with E-state index in [1.165, 1.54) is 32.7 Å². The van der Waals surface area contributed by atoms with Gasteiger partial charge in [-0.05, 0) is 69.3 Å². The van der Waals surface area contributed by atoms with Crippen LogP contribution in [-0.2, 0) is 0 Å². The molecule has 0 unspecified atom stereocenters. The SMILES string of the molecule is C=C/C=C(\C=C/C)c1c2ccccc2c(-c2cccc(C(=C)N=C(N=C(C)c3ccccc3)c3ccccc3)c2)c2ccccc12. The molecule has 0 aliphatic carbocycles. The lowest BCUT2D eigenvalue weighted by Crippen LogP contribution is -2.04. The lowest BCUT2D eigenvalue weighted by molar-refractivity contribution is 1.44. The average molecular weight is 593 g/mol. The van der Waals surface area contributed by atoms with Gasteiger partial charge in [0.05, 0.1) is 5.70 Å². The zero-order valence-electron chi connectivity index (χ0n) is 26.3. The van der Waals surface area contributed by atoms with Crippen molar-refractivity contribution in [3.05, 3.63) is 193 Å². The molecule has 0 radical (unpaired) electrons. The number of aliphatic imine (C=N–C) groups is 2. The third-order valence-electron chi connectivity index (χ3n) is 8.09. The molecule has 0 aliphatic heterocycles. The summed E-state index contributed by atoms with van der Waals surface area (Å²) in [6.07, 6.45) is 8.18. The summed E-state index contributed by atoms with van der Waals surface area (Å²) in [6.45, 7) is 12.5. The Kier molecular flexibility index (Phi) is 9.08. The lowest BCUT2D eigenvalue weighted by Gasteiger charge is -2.18. The highest BCUT2D eigenvalue weighted by Crippen LogP contribution is 2.42. The molecule has 46 heavy (non-hydrogen) atoms. The van der Waals surface area contributed by atoms with Crippen molar-refractivity contribution < 1.29 is 0 Å². The molecule has 2 heteroatoms. The van der Waals surface area contributed by atoms with E-state index in [-0.39, 0.29) is 0 Å². The van der Waals surface area contributed by atoms with E-state index in [9.17, 15) is 0 Å². The molecule has 0 spiro atoms. The molecule has 0 heterocycles. The second kappa shape index (κ2) is 13.8. The number of rotatable bonds is 8. The minimum atomic E-state index is 0.628. The fourth-order valence-electron chi connectivity index (χ4n) is 5.97. The second-order valence-corrected chi connectivity index (χ2v) is 11.1. The fourth-order valence-corrected chi connectivity index (χ4v) is 5.97. The van der Waals surface area contributed by atoms with E-state index in [2.05, 4.69) is 116 Å². The molecule has 0 fully saturated rings. The van der Waals surface area contributed by atoms with E-state index in [4.69, 9.17) is 9.98 Å². The molecule has 6 aromatic rings. The summed E-state index contributed by atoms with van der Waals surface area (Å²) < 4.78 is 0. The van der Waals surface area contributed by atoms with Crippen molar-refractivity contribution in [1.29, 1.82) is 0 Å². The first kappa shape index (κ1) is 30.2. The standard InChI is InChI=1S/C44H36N2/c1-5-18-34(19-6-2)42-38-26-13-15-28-40(38)43(41-29-16-14-27-39(41)42)37-25-17-24-36(30-37)32(4)46-44(35-22-11-8-12-23-35)45-31(3)33-20-9-7-10-21-33/h5-30H,1,4H2,2-3H3/b19-6-,34-18+,45-31?,46-44?. The smallest absolute Gasteiger partial charge is 0.160 e. The molecule has 222 valence electrons. The normalized spacial score (nSPS) is 12.6. The molecular weight excluding hydrogens is 556 g/mol. The van der Waals surface area contributed by atoms with Crippen LogP contribution in [0.2, 0.25) is 0 Å². The van der Waals surface area contributed by atoms with Crippen molar-refractivity contribution in [1.82, 2.24) is 0 Å². The maximum atomic E-state index is 5.03. The van der Waals surface area contributed by atoms with Gasteiger partial charge in [0.2, 0.25) is 0 Å². The highest BCUT2D eigenvalue weighted by molar-refractivity contribution is 6.19. The van der Waals surface area contributed by atoms with Crippen LogP contribution in [0.3, 0.4) is 0 Å². The Balaban J connectivity index is 1.52. The maximum Gasteiger partial charge on any atom is 0.160 e. The van der Waals surface area contributed by atoms with Gasteiger partial charge in [-0.25, -0.2) is 9.98 Å². The quantitative estimate of drug-likeness (QED) is 0.0727. The Morgan fingerprint density at radius 3 is 1.74 bits per heavy atom. The number of nitrogens with zero attached hydrogens (tertiary/aromatic N) is 2. The summed E-state index contributed by atoms with van der Waals surface area (Å²) in [7, 11) is 0. The first-order valence-corrected chi connectivity index (χ1v) is 15.5. The maximum absolute atomic E-state index is 5.03. The van der Waals surface area contributed by atoms with Crippen LogP contribution in [0, 0.1) is 0 Å². The summed E-state index contributed by atoms with van der Waals surface area (Å²) in [5, 5.41) is 4.77. The number of hydrogen-bond acceptors (Lipinski definition) is 1. The van der Waals surface area contributed by atoms with Crippen LogP contribution in [-0.4, -0.2) is 11.5 Å². The van der Waals surface area contributed by atoms with Crippen LogP contribution < -0.4 is 0 Å². The molecular formula is C44H36N2. The fraction of sp³-hybridized carbons (Fsp3) is 0.0455. The zero-order chi connectivity index (χ0) is 31.9. The van der Waals surface area contributed by atoms with Crippen LogP contribution in [0.15, 0.2) is 181 Å². The van der Waals surface area contributed by atoms with Crippen LogP contribution >= 0.6 is 0 Å². The monoisotopic (exact) mass is 592 g/mol. The Hall–Kier alpha value is -5.86. The predicted octanol–water partition coefficient (Wildman–Crippen LogP) is 11.7. The molecule has 0 bridgehead atoms. The van der Waals surface area contributed by atoms with E-state index >= 15 is 0 Å². The molecule has 0 aromatic heterocycles. The lowest BCUT2D eigenvalue weighted by atomic mass is 9.85. The van der Waals surface area contributed by atoms with Crippen molar-refractivity contribution in [3.8, 4) is 11.1 Å². The summed E-state index contributed by atoms with van der Waals surface area (Å²) in [5.41, 5.74) is 9.12. The average Bonchev–Trinajstić information content (AvgIpc) is 3.11. The highest BCUT2D eigenvalue weighted by Gasteiger charge is 2.17. The van der Waals surface area contributed by atoms with E-state index < -0.39 is 0 Å². The molecule has 2 nitrogen and oxygen atoms in total. The van der Waals surface area contributed by atoms with Gasteiger partial charge in [-0.15, -0.1) is 0 Å². The summed E-state index contributed by atoms with van der Waals surface area (Å²) >= 11 is 0. The molecule has 6 aromatic carbocycles. The van der Waals surface area contributed by atoms with E-state index in [0.29, 0.717) is 11.5 Å². The molecule has 0 saturated carbocycles. The molecule has 0 amide bonds. The van der Waals surface area contributed by atoms with Gasteiger partial charge in [0.15, 0.2) is 5.84 Å². The second-order valence-electron chi connectivity index (χ2n) is 11.1. The number of amidine groups is 1. The van der Waals surface area contributed by atoms with Gasteiger partial charge in [-0.3, -0.25) is 0 Å². The molecule has 6 rings (SSSR count). The number of hydrogen-bond donors (Lipinski definition) is 0. The zero-order valence-corrected chi connectivity index (χ0v) is 26.3. The van der Waals surface area contributed by atoms with Gasteiger partial charge >= 0.3 is 0 Å². The number of allylic oxidation sites excluding steroid dienone is 5. The first-order valence-electron chi connectivity index (χ1n) is 15.5. The Labute approximate surface area is 271 Å². The molecule has 0 atom stereocenters. The molecule has 0 N–H and O–H groups in total. The Morgan fingerprint density at radius 1 is 0.609 bits per heavy atom. The summed E-state index contributed by atoms with van der Waals surface area (Å²) in [4.78, 5) is 10.0. The van der Waals surface area contributed by atoms with Gasteiger partial charge in [0, 0.05) is 16.8 Å². The Bertz CT molecular complexity index is 2120.